The Morgan fingerprint density at radius 2 is 1.62 bits per heavy atom. The van der Waals surface area contributed by atoms with Crippen molar-refractivity contribution in [1.82, 2.24) is 10.2 Å². The van der Waals surface area contributed by atoms with Crippen molar-refractivity contribution in [3.05, 3.63) is 101 Å². The second kappa shape index (κ2) is 13.3. The van der Waals surface area contributed by atoms with Gasteiger partial charge in [-0.05, 0) is 60.7 Å². The molecule has 1 saturated carbocycles. The first-order valence-corrected chi connectivity index (χ1v) is 15.8. The summed E-state index contributed by atoms with van der Waals surface area (Å²) in [6, 6.07) is 22.9. The average Bonchev–Trinajstić information content (AvgIpc) is 3.42. The maximum Gasteiger partial charge on any atom is 0.244 e. The molecule has 1 aliphatic rings. The normalized spacial score (nSPS) is 14.5. The summed E-state index contributed by atoms with van der Waals surface area (Å²) in [4.78, 5) is 29.5. The Morgan fingerprint density at radius 1 is 0.950 bits per heavy atom. The molecule has 3 aromatic carbocycles. The third-order valence-corrected chi connectivity index (χ3v) is 8.56. The third-order valence-electron chi connectivity index (χ3n) is 7.18. The molecule has 1 N–H and O–H groups in total. The van der Waals surface area contributed by atoms with E-state index in [-0.39, 0.29) is 24.9 Å². The first kappa shape index (κ1) is 29.6. The molecule has 3 aromatic rings. The molecule has 0 saturated heterocycles. The lowest BCUT2D eigenvalue weighted by Gasteiger charge is -2.34. The molecule has 0 heterocycles. The number of amides is 2. The number of sulfonamides is 1. The van der Waals surface area contributed by atoms with Gasteiger partial charge in [0.05, 0.1) is 11.9 Å². The highest BCUT2D eigenvalue weighted by Crippen LogP contribution is 2.23. The SMILES string of the molecule is Cc1cccc(N(CC(=O)N(Cc2cccc(Cl)c2)C(Cc2ccccc2)C(=O)NC2CCCC2)S(C)(=O)=O)c1. The fourth-order valence-corrected chi connectivity index (χ4v) is 6.20. The van der Waals surface area contributed by atoms with Crippen LogP contribution in [0.1, 0.15) is 42.4 Å². The van der Waals surface area contributed by atoms with E-state index in [4.69, 9.17) is 11.6 Å². The highest BCUT2D eigenvalue weighted by Gasteiger charge is 2.34. The van der Waals surface area contributed by atoms with Crippen LogP contribution >= 0.6 is 11.6 Å². The fraction of sp³-hybridized carbons (Fsp3) is 0.355. The monoisotopic (exact) mass is 581 g/mol. The fourth-order valence-electron chi connectivity index (χ4n) is 5.15. The molecule has 0 spiro atoms. The molecular weight excluding hydrogens is 546 g/mol. The summed E-state index contributed by atoms with van der Waals surface area (Å²) in [5, 5.41) is 3.68. The van der Waals surface area contributed by atoms with Gasteiger partial charge in [0.25, 0.3) is 0 Å². The van der Waals surface area contributed by atoms with Gasteiger partial charge < -0.3 is 10.2 Å². The summed E-state index contributed by atoms with van der Waals surface area (Å²) >= 11 is 6.26. The van der Waals surface area contributed by atoms with E-state index in [2.05, 4.69) is 5.32 Å². The summed E-state index contributed by atoms with van der Waals surface area (Å²) in [5.74, 6) is -0.720. The van der Waals surface area contributed by atoms with Gasteiger partial charge in [-0.3, -0.25) is 13.9 Å². The summed E-state index contributed by atoms with van der Waals surface area (Å²) in [6.07, 6.45) is 5.29. The molecule has 0 radical (unpaired) electrons. The second-order valence-corrected chi connectivity index (χ2v) is 12.8. The number of anilines is 1. The molecular formula is C31H36ClN3O4S. The summed E-state index contributed by atoms with van der Waals surface area (Å²) in [5.41, 5.74) is 2.91. The zero-order valence-electron chi connectivity index (χ0n) is 22.9. The molecule has 0 aromatic heterocycles. The lowest BCUT2D eigenvalue weighted by atomic mass is 10.0. The van der Waals surface area contributed by atoms with E-state index in [1.807, 2.05) is 49.4 Å². The van der Waals surface area contributed by atoms with E-state index >= 15 is 0 Å². The molecule has 7 nitrogen and oxygen atoms in total. The van der Waals surface area contributed by atoms with Crippen LogP contribution in [0.25, 0.3) is 0 Å². The number of halogens is 1. The Kier molecular flexibility index (Phi) is 9.87. The third kappa shape index (κ3) is 8.08. The zero-order chi connectivity index (χ0) is 28.7. The number of aryl methyl sites for hydroxylation is 1. The second-order valence-electron chi connectivity index (χ2n) is 10.5. The van der Waals surface area contributed by atoms with E-state index in [0.717, 1.165) is 52.9 Å². The Hall–Kier alpha value is -3.36. The van der Waals surface area contributed by atoms with Crippen LogP contribution in [0.3, 0.4) is 0 Å². The summed E-state index contributed by atoms with van der Waals surface area (Å²) in [7, 11) is -3.80. The maximum absolute atomic E-state index is 14.1. The summed E-state index contributed by atoms with van der Waals surface area (Å²) in [6.45, 7) is 1.52. The van der Waals surface area contributed by atoms with E-state index in [1.165, 1.54) is 4.90 Å². The first-order chi connectivity index (χ1) is 19.1. The predicted octanol–water partition coefficient (Wildman–Crippen LogP) is 5.11. The Labute approximate surface area is 242 Å². The average molecular weight is 582 g/mol. The highest BCUT2D eigenvalue weighted by molar-refractivity contribution is 7.92. The summed E-state index contributed by atoms with van der Waals surface area (Å²) < 4.78 is 26.9. The Balaban J connectivity index is 1.72. The van der Waals surface area contributed by atoms with Gasteiger partial charge in [0.2, 0.25) is 21.8 Å². The minimum atomic E-state index is -3.80. The van der Waals surface area contributed by atoms with Crippen LogP contribution < -0.4 is 9.62 Å². The molecule has 1 aliphatic carbocycles. The molecule has 1 unspecified atom stereocenters. The van der Waals surface area contributed by atoms with E-state index < -0.39 is 28.5 Å². The molecule has 4 rings (SSSR count). The smallest absolute Gasteiger partial charge is 0.244 e. The predicted molar refractivity (Wildman–Crippen MR) is 160 cm³/mol. The zero-order valence-corrected chi connectivity index (χ0v) is 24.5. The van der Waals surface area contributed by atoms with Gasteiger partial charge in [-0.15, -0.1) is 0 Å². The first-order valence-electron chi connectivity index (χ1n) is 13.5. The number of carbonyl (C=O) groups is 2. The van der Waals surface area contributed by atoms with E-state index in [1.54, 1.807) is 36.4 Å². The van der Waals surface area contributed by atoms with Crippen molar-refractivity contribution in [2.75, 3.05) is 17.1 Å². The van der Waals surface area contributed by atoms with Crippen molar-refractivity contribution in [1.29, 1.82) is 0 Å². The van der Waals surface area contributed by atoms with Gasteiger partial charge in [0, 0.05) is 24.0 Å². The largest absolute Gasteiger partial charge is 0.352 e. The number of rotatable bonds is 11. The van der Waals surface area contributed by atoms with Crippen LogP contribution in [0.15, 0.2) is 78.9 Å². The van der Waals surface area contributed by atoms with Gasteiger partial charge in [-0.2, -0.15) is 0 Å². The minimum Gasteiger partial charge on any atom is -0.352 e. The van der Waals surface area contributed by atoms with Crippen molar-refractivity contribution >= 4 is 39.1 Å². The molecule has 2 amide bonds. The van der Waals surface area contributed by atoms with Gasteiger partial charge in [0.1, 0.15) is 12.6 Å². The highest BCUT2D eigenvalue weighted by atomic mass is 35.5. The van der Waals surface area contributed by atoms with E-state index in [0.29, 0.717) is 10.7 Å². The molecule has 40 heavy (non-hydrogen) atoms. The van der Waals surface area contributed by atoms with Gasteiger partial charge >= 0.3 is 0 Å². The number of hydrogen-bond acceptors (Lipinski definition) is 4. The van der Waals surface area contributed by atoms with Crippen LogP contribution in [0.4, 0.5) is 5.69 Å². The molecule has 0 aliphatic heterocycles. The van der Waals surface area contributed by atoms with Crippen LogP contribution in [0.2, 0.25) is 5.02 Å². The van der Waals surface area contributed by atoms with Crippen LogP contribution in [-0.2, 0) is 32.6 Å². The van der Waals surface area contributed by atoms with Crippen LogP contribution in [-0.4, -0.2) is 50.0 Å². The number of benzene rings is 3. The number of carbonyl (C=O) groups excluding carboxylic acids is 2. The quantitative estimate of drug-likeness (QED) is 0.341. The lowest BCUT2D eigenvalue weighted by Crippen LogP contribution is -2.54. The van der Waals surface area contributed by atoms with Crippen molar-refractivity contribution in [2.24, 2.45) is 0 Å². The van der Waals surface area contributed by atoms with Crippen molar-refractivity contribution in [3.63, 3.8) is 0 Å². The van der Waals surface area contributed by atoms with Crippen LogP contribution in [0, 0.1) is 6.92 Å². The van der Waals surface area contributed by atoms with Crippen molar-refractivity contribution in [3.8, 4) is 0 Å². The Bertz CT molecular complexity index is 1430. The standard InChI is InChI=1S/C31H36ClN3O4S/c1-23-10-8-17-28(18-23)35(40(2,38)39)22-30(36)34(21-25-13-9-14-26(32)19-25)29(20-24-11-4-3-5-12-24)31(37)33-27-15-6-7-16-27/h3-5,8-14,17-19,27,29H,6-7,15-16,20-22H2,1-2H3,(H,33,37). The molecule has 1 fully saturated rings. The van der Waals surface area contributed by atoms with Crippen molar-refractivity contribution < 1.29 is 18.0 Å². The van der Waals surface area contributed by atoms with Gasteiger partial charge in [-0.25, -0.2) is 8.42 Å². The Morgan fingerprint density at radius 3 is 2.27 bits per heavy atom. The molecule has 9 heteroatoms. The number of hydrogen-bond donors (Lipinski definition) is 1. The molecule has 212 valence electrons. The minimum absolute atomic E-state index is 0.0636. The molecule has 1 atom stereocenters. The number of nitrogens with one attached hydrogen (secondary N) is 1. The van der Waals surface area contributed by atoms with Gasteiger partial charge in [0.15, 0.2) is 0 Å². The van der Waals surface area contributed by atoms with E-state index in [9.17, 15) is 18.0 Å². The van der Waals surface area contributed by atoms with Crippen molar-refractivity contribution in [2.45, 2.75) is 57.7 Å². The van der Waals surface area contributed by atoms with Crippen LogP contribution in [0.5, 0.6) is 0 Å². The van der Waals surface area contributed by atoms with Gasteiger partial charge in [-0.1, -0.05) is 79.0 Å². The molecule has 0 bridgehead atoms. The lowest BCUT2D eigenvalue weighted by molar-refractivity contribution is -0.140. The number of nitrogens with zero attached hydrogens (tertiary/aromatic N) is 2. The maximum atomic E-state index is 14.1. The topological polar surface area (TPSA) is 86.8 Å².